The lowest BCUT2D eigenvalue weighted by Gasteiger charge is -2.62. The largest absolute Gasteiger partial charge is 0.453 e. The Labute approximate surface area is 256 Å². The number of ether oxygens (including phenoxy) is 1. The third-order valence-corrected chi connectivity index (χ3v) is 11.9. The van der Waals surface area contributed by atoms with Gasteiger partial charge in [0.25, 0.3) is 5.91 Å². The third-order valence-electron chi connectivity index (χ3n) is 9.28. The number of amides is 3. The molecular formula is C29H31ClF3N3O7S. The first kappa shape index (κ1) is 32.0. The second-order valence-electron chi connectivity index (χ2n) is 11.6. The highest BCUT2D eigenvalue weighted by Gasteiger charge is 2.64. The molecule has 0 radical (unpaired) electrons. The number of nitrogens with zero attached hydrogens (tertiary/aromatic N) is 1. The molecule has 3 saturated carbocycles. The topological polar surface area (TPSA) is 142 Å². The van der Waals surface area contributed by atoms with Crippen LogP contribution in [0.25, 0.3) is 0 Å². The first-order valence-electron chi connectivity index (χ1n) is 14.0. The van der Waals surface area contributed by atoms with Crippen LogP contribution in [0.4, 0.5) is 23.7 Å². The lowest BCUT2D eigenvalue weighted by molar-refractivity contribution is -0.213. The van der Waals surface area contributed by atoms with E-state index in [4.69, 9.17) is 16.3 Å². The molecule has 0 aromatic heterocycles. The molecule has 1 saturated heterocycles. The van der Waals surface area contributed by atoms with E-state index in [1.54, 1.807) is 0 Å². The van der Waals surface area contributed by atoms with E-state index in [9.17, 15) is 41.1 Å². The standard InChI is InChI=1S/C29H31ClF3N3O7S/c1-14-18-11-17(12-19(14)29(18,40)13-34-27(38)23-4-3-7-36(23)28(39)43-2)44(41,42)24-8-15(5-6-20(24)30)26(37)35-16-9-21(31)25(33)22(32)10-16/h5-6,8-10,14,17-19,23,40H,3-4,7,11-13H2,1-2H3,(H,34,38)(H,35,37). The molecule has 6 rings (SSSR count). The fraction of sp³-hybridized carbons (Fsp3) is 0.483. The predicted molar refractivity (Wildman–Crippen MR) is 152 cm³/mol. The number of rotatable bonds is 7. The minimum absolute atomic E-state index is 0.0227. The maximum absolute atomic E-state index is 13.8. The summed E-state index contributed by atoms with van der Waals surface area (Å²) < 4.78 is 72.7. The Bertz CT molecular complexity index is 1590. The van der Waals surface area contributed by atoms with Crippen molar-refractivity contribution in [3.63, 3.8) is 0 Å². The van der Waals surface area contributed by atoms with Crippen LogP contribution in [0.5, 0.6) is 0 Å². The zero-order valence-electron chi connectivity index (χ0n) is 23.8. The molecule has 1 heterocycles. The number of carbonyl (C=O) groups excluding carboxylic acids is 3. The van der Waals surface area contributed by atoms with Crippen LogP contribution in [0.1, 0.15) is 43.0 Å². The molecule has 4 aliphatic rings. The summed E-state index contributed by atoms with van der Waals surface area (Å²) in [6, 6.07) is 3.98. The van der Waals surface area contributed by atoms with Crippen LogP contribution in [0, 0.1) is 35.2 Å². The van der Waals surface area contributed by atoms with Gasteiger partial charge in [-0.25, -0.2) is 26.4 Å². The van der Waals surface area contributed by atoms with E-state index in [0.29, 0.717) is 31.5 Å². The smallest absolute Gasteiger partial charge is 0.410 e. The van der Waals surface area contributed by atoms with E-state index >= 15 is 0 Å². The first-order chi connectivity index (χ1) is 20.7. The Morgan fingerprint density at radius 1 is 1.11 bits per heavy atom. The molecule has 238 valence electrons. The summed E-state index contributed by atoms with van der Waals surface area (Å²) in [6.45, 7) is 2.18. The van der Waals surface area contributed by atoms with Gasteiger partial charge in [-0.1, -0.05) is 18.5 Å². The third kappa shape index (κ3) is 5.51. The summed E-state index contributed by atoms with van der Waals surface area (Å²) in [5.74, 6) is -6.98. The Morgan fingerprint density at radius 2 is 1.75 bits per heavy atom. The van der Waals surface area contributed by atoms with Crippen LogP contribution in [-0.4, -0.2) is 73.4 Å². The molecule has 2 aromatic carbocycles. The Morgan fingerprint density at radius 3 is 2.36 bits per heavy atom. The molecule has 15 heteroatoms. The van der Waals surface area contributed by atoms with Crippen LogP contribution < -0.4 is 10.6 Å². The number of benzene rings is 2. The summed E-state index contributed by atoms with van der Waals surface area (Å²) >= 11 is 6.26. The van der Waals surface area contributed by atoms with Crippen molar-refractivity contribution in [2.24, 2.45) is 17.8 Å². The van der Waals surface area contributed by atoms with Crippen molar-refractivity contribution >= 4 is 45.0 Å². The normalized spacial score (nSPS) is 27.8. The summed E-state index contributed by atoms with van der Waals surface area (Å²) in [5.41, 5.74) is -1.88. The van der Waals surface area contributed by atoms with Gasteiger partial charge in [-0.3, -0.25) is 14.5 Å². The number of methoxy groups -OCH3 is 1. The molecule has 2 bridgehead atoms. The zero-order valence-corrected chi connectivity index (χ0v) is 25.4. The molecule has 1 aliphatic heterocycles. The Balaban J connectivity index is 1.28. The average Bonchev–Trinajstić information content (AvgIpc) is 3.49. The fourth-order valence-electron chi connectivity index (χ4n) is 6.96. The van der Waals surface area contributed by atoms with Crippen LogP contribution in [-0.2, 0) is 19.4 Å². The van der Waals surface area contributed by atoms with E-state index in [1.165, 1.54) is 24.1 Å². The number of likely N-dealkylation sites (tertiary alicyclic amines) is 1. The van der Waals surface area contributed by atoms with Crippen LogP contribution >= 0.6 is 11.6 Å². The van der Waals surface area contributed by atoms with Crippen molar-refractivity contribution in [3.05, 3.63) is 58.4 Å². The van der Waals surface area contributed by atoms with Gasteiger partial charge in [-0.2, -0.15) is 0 Å². The van der Waals surface area contributed by atoms with Gasteiger partial charge in [0.05, 0.1) is 27.9 Å². The average molecular weight is 658 g/mol. The van der Waals surface area contributed by atoms with E-state index in [-0.39, 0.29) is 46.5 Å². The molecule has 0 spiro atoms. The van der Waals surface area contributed by atoms with E-state index < -0.39 is 73.9 Å². The molecule has 3 N–H and O–H groups in total. The zero-order chi connectivity index (χ0) is 32.1. The molecule has 3 atom stereocenters. The predicted octanol–water partition coefficient (Wildman–Crippen LogP) is 3.91. The number of aliphatic hydroxyl groups is 1. The van der Waals surface area contributed by atoms with Crippen LogP contribution in [0.2, 0.25) is 5.02 Å². The Hall–Kier alpha value is -3.36. The molecule has 10 nitrogen and oxygen atoms in total. The van der Waals surface area contributed by atoms with E-state index in [1.807, 2.05) is 6.92 Å². The van der Waals surface area contributed by atoms with E-state index in [0.717, 1.165) is 6.07 Å². The first-order valence-corrected chi connectivity index (χ1v) is 16.0. The molecule has 3 amide bonds. The molecule has 2 aromatic rings. The second kappa shape index (κ2) is 11.9. The number of sulfone groups is 1. The SMILES string of the molecule is COC(=O)N1CCCC1C(=O)NCC1(O)C2CC(S(=O)(=O)c3cc(C(=O)Nc4cc(F)c(F)c(F)c4)ccc3Cl)CC1C2C. The lowest BCUT2D eigenvalue weighted by Crippen LogP contribution is -2.71. The van der Waals surface area contributed by atoms with Crippen molar-refractivity contribution in [1.29, 1.82) is 0 Å². The van der Waals surface area contributed by atoms with Gasteiger partial charge >= 0.3 is 6.09 Å². The van der Waals surface area contributed by atoms with Gasteiger partial charge in [0.15, 0.2) is 27.3 Å². The lowest BCUT2D eigenvalue weighted by atomic mass is 9.48. The van der Waals surface area contributed by atoms with Crippen LogP contribution in [0.3, 0.4) is 0 Å². The number of fused-ring (bicyclic) bond motifs is 2. The second-order valence-corrected chi connectivity index (χ2v) is 14.2. The number of carbonyl (C=O) groups is 3. The van der Waals surface area contributed by atoms with Crippen molar-refractivity contribution in [2.75, 3.05) is 25.5 Å². The van der Waals surface area contributed by atoms with Gasteiger partial charge < -0.3 is 20.5 Å². The molecule has 3 unspecified atom stereocenters. The minimum Gasteiger partial charge on any atom is -0.453 e. The summed E-state index contributed by atoms with van der Waals surface area (Å²) in [4.78, 5) is 38.7. The number of hydrogen-bond donors (Lipinski definition) is 3. The van der Waals surface area contributed by atoms with Gasteiger partial charge in [0, 0.05) is 36.5 Å². The fourth-order valence-corrected chi connectivity index (χ4v) is 9.31. The van der Waals surface area contributed by atoms with Gasteiger partial charge in [-0.15, -0.1) is 0 Å². The number of anilines is 1. The highest BCUT2D eigenvalue weighted by Crippen LogP contribution is 2.59. The van der Waals surface area contributed by atoms with Gasteiger partial charge in [-0.05, 0) is 61.6 Å². The van der Waals surface area contributed by atoms with Gasteiger partial charge in [0.2, 0.25) is 5.91 Å². The van der Waals surface area contributed by atoms with Crippen molar-refractivity contribution in [3.8, 4) is 0 Å². The maximum atomic E-state index is 13.8. The maximum Gasteiger partial charge on any atom is 0.410 e. The summed E-state index contributed by atoms with van der Waals surface area (Å²) in [5, 5.41) is 15.4. The van der Waals surface area contributed by atoms with E-state index in [2.05, 4.69) is 10.6 Å². The highest BCUT2D eigenvalue weighted by molar-refractivity contribution is 7.92. The molecule has 4 fully saturated rings. The van der Waals surface area contributed by atoms with Crippen LogP contribution in [0.15, 0.2) is 35.2 Å². The van der Waals surface area contributed by atoms with Crippen molar-refractivity contribution < 1.29 is 45.8 Å². The number of nitrogens with one attached hydrogen (secondary N) is 2. The highest BCUT2D eigenvalue weighted by atomic mass is 35.5. The molecule has 44 heavy (non-hydrogen) atoms. The number of halogens is 4. The summed E-state index contributed by atoms with van der Waals surface area (Å²) in [6.07, 6.45) is 0.629. The monoisotopic (exact) mass is 657 g/mol. The minimum atomic E-state index is -4.12. The van der Waals surface area contributed by atoms with Crippen molar-refractivity contribution in [2.45, 2.75) is 54.4 Å². The molecule has 3 aliphatic carbocycles. The number of hydrogen-bond acceptors (Lipinski definition) is 7. The van der Waals surface area contributed by atoms with Gasteiger partial charge in [0.1, 0.15) is 6.04 Å². The molecular weight excluding hydrogens is 627 g/mol. The van der Waals surface area contributed by atoms with Crippen molar-refractivity contribution in [1.82, 2.24) is 10.2 Å². The Kier molecular flexibility index (Phi) is 8.64. The quantitative estimate of drug-likeness (QED) is 0.384. The summed E-state index contributed by atoms with van der Waals surface area (Å²) in [7, 11) is -2.89.